The maximum absolute atomic E-state index is 4.12. The molecule has 0 aromatic carbocycles. The molecule has 6 atom stereocenters. The first-order valence-corrected chi connectivity index (χ1v) is 9.23. The third-order valence-electron chi connectivity index (χ3n) is 6.29. The molecule has 3 rings (SSSR count). The Balaban J connectivity index is 1.58. The van der Waals surface area contributed by atoms with E-state index in [-0.39, 0.29) is 0 Å². The van der Waals surface area contributed by atoms with Crippen molar-refractivity contribution in [3.63, 3.8) is 0 Å². The van der Waals surface area contributed by atoms with Crippen molar-refractivity contribution < 1.29 is 0 Å². The van der Waals surface area contributed by atoms with Crippen LogP contribution in [-0.2, 0) is 0 Å². The molecule has 0 bridgehead atoms. The molecule has 20 heavy (non-hydrogen) atoms. The Morgan fingerprint density at radius 1 is 0.850 bits per heavy atom. The zero-order valence-corrected chi connectivity index (χ0v) is 13.5. The Morgan fingerprint density at radius 2 is 1.70 bits per heavy atom. The van der Waals surface area contributed by atoms with Gasteiger partial charge in [0.25, 0.3) is 0 Å². The van der Waals surface area contributed by atoms with Gasteiger partial charge in [0.05, 0.1) is 0 Å². The largest absolute Gasteiger partial charge is 0.314 e. The Labute approximate surface area is 125 Å². The summed E-state index contributed by atoms with van der Waals surface area (Å²) in [4.78, 5) is 0. The third-order valence-corrected chi connectivity index (χ3v) is 6.29. The Morgan fingerprint density at radius 3 is 2.45 bits per heavy atom. The van der Waals surface area contributed by atoms with E-state index in [9.17, 15) is 0 Å². The van der Waals surface area contributed by atoms with Crippen molar-refractivity contribution in [3.8, 4) is 0 Å². The molecule has 0 aromatic rings. The lowest BCUT2D eigenvalue weighted by Crippen LogP contribution is -2.52. The first-order chi connectivity index (χ1) is 9.74. The standard InChI is InChI=1S/C18H34N2/c1-13-9-10-16(14(2)12-13)20-18-7-4-3-6-15(18)17-8-5-11-19-17/h13-20H,3-12H2,1-2H3. The Hall–Kier alpha value is -0.0800. The highest BCUT2D eigenvalue weighted by Gasteiger charge is 2.35. The topological polar surface area (TPSA) is 24.1 Å². The summed E-state index contributed by atoms with van der Waals surface area (Å²) in [5, 5.41) is 7.89. The SMILES string of the molecule is CC1CCC(NC2CCCCC2C2CCCN2)C(C)C1. The summed E-state index contributed by atoms with van der Waals surface area (Å²) < 4.78 is 0. The van der Waals surface area contributed by atoms with Crippen molar-refractivity contribution in [1.29, 1.82) is 0 Å². The van der Waals surface area contributed by atoms with Crippen LogP contribution in [-0.4, -0.2) is 24.7 Å². The molecule has 2 saturated carbocycles. The van der Waals surface area contributed by atoms with E-state index < -0.39 is 0 Å². The van der Waals surface area contributed by atoms with E-state index in [0.29, 0.717) is 0 Å². The maximum Gasteiger partial charge on any atom is 0.0113 e. The van der Waals surface area contributed by atoms with Gasteiger partial charge in [-0.05, 0) is 69.2 Å². The van der Waals surface area contributed by atoms with Gasteiger partial charge >= 0.3 is 0 Å². The second-order valence-corrected chi connectivity index (χ2v) is 7.93. The van der Waals surface area contributed by atoms with Gasteiger partial charge in [0.2, 0.25) is 0 Å². The molecule has 0 amide bonds. The van der Waals surface area contributed by atoms with Crippen molar-refractivity contribution in [2.24, 2.45) is 17.8 Å². The molecule has 3 aliphatic rings. The summed E-state index contributed by atoms with van der Waals surface area (Å²) in [5.41, 5.74) is 0. The lowest BCUT2D eigenvalue weighted by molar-refractivity contribution is 0.153. The number of hydrogen-bond acceptors (Lipinski definition) is 2. The van der Waals surface area contributed by atoms with E-state index in [1.54, 1.807) is 0 Å². The lowest BCUT2D eigenvalue weighted by Gasteiger charge is -2.42. The highest BCUT2D eigenvalue weighted by Crippen LogP contribution is 2.34. The average molecular weight is 278 g/mol. The van der Waals surface area contributed by atoms with Crippen molar-refractivity contribution in [2.45, 2.75) is 89.8 Å². The van der Waals surface area contributed by atoms with E-state index in [1.807, 2.05) is 0 Å². The summed E-state index contributed by atoms with van der Waals surface area (Å²) in [5.74, 6) is 2.72. The van der Waals surface area contributed by atoms with Gasteiger partial charge in [-0.2, -0.15) is 0 Å². The molecule has 1 aliphatic heterocycles. The number of rotatable bonds is 3. The zero-order chi connectivity index (χ0) is 13.9. The minimum atomic E-state index is 0.790. The molecule has 2 aliphatic carbocycles. The van der Waals surface area contributed by atoms with Crippen LogP contribution in [0.3, 0.4) is 0 Å². The van der Waals surface area contributed by atoms with Crippen LogP contribution >= 0.6 is 0 Å². The van der Waals surface area contributed by atoms with Gasteiger partial charge < -0.3 is 10.6 Å². The summed E-state index contributed by atoms with van der Waals surface area (Å²) in [7, 11) is 0. The van der Waals surface area contributed by atoms with Gasteiger partial charge in [-0.25, -0.2) is 0 Å². The van der Waals surface area contributed by atoms with E-state index in [1.165, 1.54) is 64.3 Å². The van der Waals surface area contributed by atoms with Gasteiger partial charge in [-0.1, -0.05) is 26.7 Å². The third kappa shape index (κ3) is 3.39. The minimum Gasteiger partial charge on any atom is -0.314 e. The Kier molecular flexibility index (Phi) is 5.04. The Bertz CT molecular complexity index is 298. The summed E-state index contributed by atoms with van der Waals surface area (Å²) in [6, 6.07) is 2.39. The van der Waals surface area contributed by atoms with Crippen LogP contribution in [0.15, 0.2) is 0 Å². The van der Waals surface area contributed by atoms with E-state index >= 15 is 0 Å². The van der Waals surface area contributed by atoms with Gasteiger partial charge in [0.1, 0.15) is 0 Å². The highest BCUT2D eigenvalue weighted by molar-refractivity contribution is 4.94. The van der Waals surface area contributed by atoms with Gasteiger partial charge in [-0.15, -0.1) is 0 Å². The molecule has 3 fully saturated rings. The highest BCUT2D eigenvalue weighted by atomic mass is 15.0. The van der Waals surface area contributed by atoms with Crippen LogP contribution in [0.4, 0.5) is 0 Å². The van der Waals surface area contributed by atoms with Crippen LogP contribution in [0.25, 0.3) is 0 Å². The molecule has 6 unspecified atom stereocenters. The van der Waals surface area contributed by atoms with Gasteiger partial charge in [-0.3, -0.25) is 0 Å². The van der Waals surface area contributed by atoms with Crippen molar-refractivity contribution in [2.75, 3.05) is 6.54 Å². The second kappa shape index (κ2) is 6.79. The fraction of sp³-hybridized carbons (Fsp3) is 1.00. The summed E-state index contributed by atoms with van der Waals surface area (Å²) >= 11 is 0. The molecular formula is C18H34N2. The van der Waals surface area contributed by atoms with Crippen LogP contribution < -0.4 is 10.6 Å². The second-order valence-electron chi connectivity index (χ2n) is 7.93. The fourth-order valence-electron chi connectivity index (χ4n) is 5.11. The molecule has 1 saturated heterocycles. The van der Waals surface area contributed by atoms with Crippen molar-refractivity contribution >= 4 is 0 Å². The van der Waals surface area contributed by atoms with Crippen LogP contribution in [0, 0.1) is 17.8 Å². The first-order valence-electron chi connectivity index (χ1n) is 9.23. The van der Waals surface area contributed by atoms with E-state index in [2.05, 4.69) is 24.5 Å². The van der Waals surface area contributed by atoms with E-state index in [0.717, 1.165) is 35.9 Å². The van der Waals surface area contributed by atoms with Crippen molar-refractivity contribution in [1.82, 2.24) is 10.6 Å². The number of nitrogens with one attached hydrogen (secondary N) is 2. The predicted molar refractivity (Wildman–Crippen MR) is 85.9 cm³/mol. The van der Waals surface area contributed by atoms with Crippen LogP contribution in [0.5, 0.6) is 0 Å². The predicted octanol–water partition coefficient (Wildman–Crippen LogP) is 3.71. The van der Waals surface area contributed by atoms with E-state index in [4.69, 9.17) is 0 Å². The summed E-state index contributed by atoms with van der Waals surface area (Å²) in [6.07, 6.45) is 12.8. The minimum absolute atomic E-state index is 0.790. The molecule has 0 aromatic heterocycles. The van der Waals surface area contributed by atoms with Gasteiger partial charge in [0, 0.05) is 18.1 Å². The molecule has 2 heteroatoms. The van der Waals surface area contributed by atoms with Crippen molar-refractivity contribution in [3.05, 3.63) is 0 Å². The molecule has 2 N–H and O–H groups in total. The molecule has 116 valence electrons. The lowest BCUT2D eigenvalue weighted by atomic mass is 9.76. The number of hydrogen-bond donors (Lipinski definition) is 2. The molecule has 2 nitrogen and oxygen atoms in total. The first kappa shape index (κ1) is 14.8. The van der Waals surface area contributed by atoms with Gasteiger partial charge in [0.15, 0.2) is 0 Å². The van der Waals surface area contributed by atoms with Crippen LogP contribution in [0.1, 0.15) is 71.6 Å². The fourth-order valence-corrected chi connectivity index (χ4v) is 5.11. The monoisotopic (exact) mass is 278 g/mol. The molecule has 0 radical (unpaired) electrons. The smallest absolute Gasteiger partial charge is 0.0113 e. The maximum atomic E-state index is 4.12. The quantitative estimate of drug-likeness (QED) is 0.822. The normalized spacial score (nSPS) is 46.5. The molecular weight excluding hydrogens is 244 g/mol. The molecule has 0 spiro atoms. The molecule has 1 heterocycles. The summed E-state index contributed by atoms with van der Waals surface area (Å²) in [6.45, 7) is 6.16. The van der Waals surface area contributed by atoms with Crippen LogP contribution in [0.2, 0.25) is 0 Å². The average Bonchev–Trinajstić information content (AvgIpc) is 2.96. The zero-order valence-electron chi connectivity index (χ0n) is 13.5.